The van der Waals surface area contributed by atoms with Gasteiger partial charge in [0.2, 0.25) is 0 Å². The normalized spacial score (nSPS) is 10.0. The van der Waals surface area contributed by atoms with Crippen LogP contribution in [0.3, 0.4) is 0 Å². The quantitative estimate of drug-likeness (QED) is 0.772. The highest BCUT2D eigenvalue weighted by Gasteiger charge is 2.05. The number of aromatic nitrogens is 1. The van der Waals surface area contributed by atoms with E-state index in [1.807, 2.05) is 31.2 Å². The fraction of sp³-hybridized carbons (Fsp3) is 0.143. The molecule has 0 aliphatic heterocycles. The number of carbonyl (C=O) groups excluding carboxylic acids is 1. The van der Waals surface area contributed by atoms with Crippen molar-refractivity contribution in [3.63, 3.8) is 0 Å². The number of nitrogens with two attached hydrogens (primary N) is 1. The molecule has 19 heavy (non-hydrogen) atoms. The van der Waals surface area contributed by atoms with Crippen LogP contribution in [0.4, 0.5) is 22.0 Å². The van der Waals surface area contributed by atoms with E-state index in [2.05, 4.69) is 15.6 Å². The number of nitrogens with one attached hydrogen (secondary N) is 2. The lowest BCUT2D eigenvalue weighted by molar-refractivity contribution is 0.262. The SMILES string of the molecule is Cc1ccc(NC(=O)Nc2ccc(N)nc2C)cc1. The van der Waals surface area contributed by atoms with Crippen LogP contribution in [-0.2, 0) is 0 Å². The van der Waals surface area contributed by atoms with Gasteiger partial charge in [0.15, 0.2) is 0 Å². The van der Waals surface area contributed by atoms with Crippen molar-refractivity contribution < 1.29 is 4.79 Å². The molecule has 1 heterocycles. The monoisotopic (exact) mass is 256 g/mol. The van der Waals surface area contributed by atoms with Gasteiger partial charge in [-0.1, -0.05) is 17.7 Å². The highest BCUT2D eigenvalue weighted by molar-refractivity contribution is 6.00. The van der Waals surface area contributed by atoms with Crippen LogP contribution in [0.1, 0.15) is 11.3 Å². The Morgan fingerprint density at radius 1 is 1.05 bits per heavy atom. The van der Waals surface area contributed by atoms with E-state index in [0.29, 0.717) is 17.2 Å². The Morgan fingerprint density at radius 2 is 1.74 bits per heavy atom. The molecule has 98 valence electrons. The summed E-state index contributed by atoms with van der Waals surface area (Å²) in [4.78, 5) is 15.9. The Balaban J connectivity index is 2.03. The summed E-state index contributed by atoms with van der Waals surface area (Å²) < 4.78 is 0. The topological polar surface area (TPSA) is 80.0 Å². The van der Waals surface area contributed by atoms with Gasteiger partial charge in [-0.3, -0.25) is 0 Å². The molecule has 1 aromatic heterocycles. The molecule has 2 amide bonds. The number of benzene rings is 1. The zero-order chi connectivity index (χ0) is 13.8. The maximum Gasteiger partial charge on any atom is 0.323 e. The summed E-state index contributed by atoms with van der Waals surface area (Å²) in [6.45, 7) is 3.78. The predicted octanol–water partition coefficient (Wildman–Crippen LogP) is 2.92. The first kappa shape index (κ1) is 12.9. The molecule has 4 N–H and O–H groups in total. The number of amides is 2. The average Bonchev–Trinajstić information content (AvgIpc) is 2.36. The number of carbonyl (C=O) groups is 1. The van der Waals surface area contributed by atoms with Crippen LogP contribution < -0.4 is 16.4 Å². The van der Waals surface area contributed by atoms with Crippen molar-refractivity contribution in [1.29, 1.82) is 0 Å². The lowest BCUT2D eigenvalue weighted by Gasteiger charge is -2.09. The minimum atomic E-state index is -0.307. The fourth-order valence-electron chi connectivity index (χ4n) is 1.63. The molecule has 0 saturated carbocycles. The molecule has 0 aliphatic rings. The van der Waals surface area contributed by atoms with Crippen LogP contribution in [-0.4, -0.2) is 11.0 Å². The first-order chi connectivity index (χ1) is 9.04. The number of hydrogen-bond acceptors (Lipinski definition) is 3. The molecule has 0 fully saturated rings. The van der Waals surface area contributed by atoms with Crippen LogP contribution in [0.5, 0.6) is 0 Å². The minimum absolute atomic E-state index is 0.307. The number of urea groups is 1. The molecular formula is C14H16N4O. The highest BCUT2D eigenvalue weighted by Crippen LogP contribution is 2.15. The number of nitrogens with zero attached hydrogens (tertiary/aromatic N) is 1. The van der Waals surface area contributed by atoms with Gasteiger partial charge in [0, 0.05) is 5.69 Å². The Kier molecular flexibility index (Phi) is 3.66. The average molecular weight is 256 g/mol. The van der Waals surface area contributed by atoms with E-state index in [0.717, 1.165) is 11.3 Å². The lowest BCUT2D eigenvalue weighted by atomic mass is 10.2. The first-order valence-corrected chi connectivity index (χ1v) is 5.92. The van der Waals surface area contributed by atoms with Gasteiger partial charge < -0.3 is 16.4 Å². The Bertz CT molecular complexity index is 593. The van der Waals surface area contributed by atoms with Crippen LogP contribution >= 0.6 is 0 Å². The van der Waals surface area contributed by atoms with E-state index < -0.39 is 0 Å². The molecule has 0 bridgehead atoms. The van der Waals surface area contributed by atoms with Crippen molar-refractivity contribution >= 4 is 23.2 Å². The molecule has 0 atom stereocenters. The maximum atomic E-state index is 11.8. The summed E-state index contributed by atoms with van der Waals surface area (Å²) in [5, 5.41) is 5.48. The van der Waals surface area contributed by atoms with E-state index in [4.69, 9.17) is 5.73 Å². The van der Waals surface area contributed by atoms with Crippen LogP contribution in [0, 0.1) is 13.8 Å². The molecule has 5 nitrogen and oxygen atoms in total. The molecule has 0 radical (unpaired) electrons. The van der Waals surface area contributed by atoms with Gasteiger partial charge in [-0.05, 0) is 38.1 Å². The lowest BCUT2D eigenvalue weighted by Crippen LogP contribution is -2.20. The third-order valence-electron chi connectivity index (χ3n) is 2.66. The summed E-state index contributed by atoms with van der Waals surface area (Å²) in [7, 11) is 0. The van der Waals surface area contributed by atoms with Gasteiger partial charge in [0.1, 0.15) is 5.82 Å². The van der Waals surface area contributed by atoms with Gasteiger partial charge >= 0.3 is 6.03 Å². The van der Waals surface area contributed by atoms with Gasteiger partial charge in [-0.15, -0.1) is 0 Å². The summed E-state index contributed by atoms with van der Waals surface area (Å²) in [5.74, 6) is 0.432. The molecule has 1 aromatic carbocycles. The zero-order valence-electron chi connectivity index (χ0n) is 10.9. The number of anilines is 3. The van der Waals surface area contributed by atoms with Crippen molar-refractivity contribution in [3.05, 3.63) is 47.7 Å². The Morgan fingerprint density at radius 3 is 2.37 bits per heavy atom. The van der Waals surface area contributed by atoms with Crippen molar-refractivity contribution in [2.75, 3.05) is 16.4 Å². The largest absolute Gasteiger partial charge is 0.384 e. The predicted molar refractivity (Wildman–Crippen MR) is 77.2 cm³/mol. The van der Waals surface area contributed by atoms with Crippen LogP contribution in [0.15, 0.2) is 36.4 Å². The second-order valence-electron chi connectivity index (χ2n) is 4.31. The van der Waals surface area contributed by atoms with Gasteiger partial charge in [-0.2, -0.15) is 0 Å². The van der Waals surface area contributed by atoms with Gasteiger partial charge in [0.25, 0.3) is 0 Å². The second-order valence-corrected chi connectivity index (χ2v) is 4.31. The third kappa shape index (κ3) is 3.45. The smallest absolute Gasteiger partial charge is 0.323 e. The number of nitrogen functional groups attached to an aromatic ring is 1. The number of rotatable bonds is 2. The molecule has 0 aliphatic carbocycles. The summed E-state index contributed by atoms with van der Waals surface area (Å²) >= 11 is 0. The standard InChI is InChI=1S/C14H16N4O/c1-9-3-5-11(6-4-9)17-14(19)18-12-7-8-13(15)16-10(12)2/h3-8H,1-2H3,(H2,15,16)(H2,17,18,19). The minimum Gasteiger partial charge on any atom is -0.384 e. The Hall–Kier alpha value is -2.56. The van der Waals surface area contributed by atoms with Crippen molar-refractivity contribution in [2.24, 2.45) is 0 Å². The van der Waals surface area contributed by atoms with E-state index in [1.54, 1.807) is 19.1 Å². The molecule has 0 saturated heterocycles. The molecule has 2 aromatic rings. The maximum absolute atomic E-state index is 11.8. The van der Waals surface area contributed by atoms with E-state index >= 15 is 0 Å². The molecule has 2 rings (SSSR count). The molecular weight excluding hydrogens is 240 g/mol. The summed E-state index contributed by atoms with van der Waals surface area (Å²) in [6, 6.07) is 10.6. The number of hydrogen-bond donors (Lipinski definition) is 3. The van der Waals surface area contributed by atoms with Crippen LogP contribution in [0.2, 0.25) is 0 Å². The second kappa shape index (κ2) is 5.39. The Labute approximate surface area is 111 Å². The number of aryl methyl sites for hydroxylation is 2. The fourth-order valence-corrected chi connectivity index (χ4v) is 1.63. The van der Waals surface area contributed by atoms with E-state index in [-0.39, 0.29) is 6.03 Å². The first-order valence-electron chi connectivity index (χ1n) is 5.92. The van der Waals surface area contributed by atoms with E-state index in [9.17, 15) is 4.79 Å². The van der Waals surface area contributed by atoms with Gasteiger partial charge in [0.05, 0.1) is 11.4 Å². The zero-order valence-corrected chi connectivity index (χ0v) is 10.9. The summed E-state index contributed by atoms with van der Waals surface area (Å²) in [5.41, 5.74) is 8.76. The molecule has 0 unspecified atom stereocenters. The van der Waals surface area contributed by atoms with Crippen LogP contribution in [0.25, 0.3) is 0 Å². The highest BCUT2D eigenvalue weighted by atomic mass is 16.2. The van der Waals surface area contributed by atoms with Gasteiger partial charge in [-0.25, -0.2) is 9.78 Å². The third-order valence-corrected chi connectivity index (χ3v) is 2.66. The van der Waals surface area contributed by atoms with Crippen molar-refractivity contribution in [2.45, 2.75) is 13.8 Å². The van der Waals surface area contributed by atoms with Crippen molar-refractivity contribution in [1.82, 2.24) is 4.98 Å². The van der Waals surface area contributed by atoms with E-state index in [1.165, 1.54) is 0 Å². The molecule has 0 spiro atoms. The summed E-state index contributed by atoms with van der Waals surface area (Å²) in [6.07, 6.45) is 0. The number of pyridine rings is 1. The molecule has 5 heteroatoms. The van der Waals surface area contributed by atoms with Crippen molar-refractivity contribution in [3.8, 4) is 0 Å².